The van der Waals surface area contributed by atoms with Crippen LogP contribution in [0.15, 0.2) is 75.0 Å². The fourth-order valence-electron chi connectivity index (χ4n) is 3.55. The molecule has 0 saturated carbocycles. The molecule has 0 bridgehead atoms. The number of rotatable bonds is 3. The van der Waals surface area contributed by atoms with Gasteiger partial charge in [-0.2, -0.15) is 0 Å². The molecule has 7 heteroatoms. The summed E-state index contributed by atoms with van der Waals surface area (Å²) in [6.07, 6.45) is 1.87. The molecular weight excluding hydrogens is 488 g/mol. The van der Waals surface area contributed by atoms with E-state index >= 15 is 0 Å². The van der Waals surface area contributed by atoms with Crippen LogP contribution in [0, 0.1) is 13.8 Å². The number of nitrogens with zero attached hydrogens (tertiary/aromatic N) is 2. The molecular formula is C25H19BrN2O3S. The number of hydrogen-bond donors (Lipinski definition) is 0. The number of hydrogen-bond acceptors (Lipinski definition) is 5. The number of halogens is 1. The minimum absolute atomic E-state index is 0.110. The third-order valence-corrected chi connectivity index (χ3v) is 6.93. The van der Waals surface area contributed by atoms with Crippen LogP contribution in [-0.4, -0.2) is 17.9 Å². The molecule has 0 spiro atoms. The van der Waals surface area contributed by atoms with E-state index in [0.29, 0.717) is 21.6 Å². The van der Waals surface area contributed by atoms with E-state index < -0.39 is 0 Å². The first-order valence-corrected chi connectivity index (χ1v) is 11.7. The van der Waals surface area contributed by atoms with Gasteiger partial charge in [0.15, 0.2) is 16.7 Å². The molecule has 0 radical (unpaired) electrons. The second-order valence-electron chi connectivity index (χ2n) is 7.45. The SMILES string of the molecule is Cc1ccccc1N=C1S/C(=C/c2cc3c(cc2Br)OCO3)C(=O)N1c1ccccc1C. The second kappa shape index (κ2) is 8.48. The van der Waals surface area contributed by atoms with Crippen molar-refractivity contribution in [2.24, 2.45) is 4.99 Å². The lowest BCUT2D eigenvalue weighted by molar-refractivity contribution is -0.113. The van der Waals surface area contributed by atoms with Crippen molar-refractivity contribution in [2.75, 3.05) is 11.7 Å². The van der Waals surface area contributed by atoms with Gasteiger partial charge < -0.3 is 9.47 Å². The summed E-state index contributed by atoms with van der Waals surface area (Å²) in [5.41, 5.74) is 4.56. The molecule has 2 aliphatic heterocycles. The number of ether oxygens (including phenoxy) is 2. The lowest BCUT2D eigenvalue weighted by Crippen LogP contribution is -2.29. The molecule has 1 saturated heterocycles. The van der Waals surface area contributed by atoms with Crippen LogP contribution in [-0.2, 0) is 4.79 Å². The van der Waals surface area contributed by atoms with Crippen molar-refractivity contribution in [3.05, 3.63) is 86.7 Å². The highest BCUT2D eigenvalue weighted by atomic mass is 79.9. The third kappa shape index (κ3) is 3.82. The molecule has 1 fully saturated rings. The van der Waals surface area contributed by atoms with Crippen LogP contribution >= 0.6 is 27.7 Å². The number of fused-ring (bicyclic) bond motifs is 1. The predicted octanol–water partition coefficient (Wildman–Crippen LogP) is 6.60. The highest BCUT2D eigenvalue weighted by Gasteiger charge is 2.35. The van der Waals surface area contributed by atoms with Gasteiger partial charge in [-0.1, -0.05) is 52.3 Å². The van der Waals surface area contributed by atoms with Crippen molar-refractivity contribution >= 4 is 56.2 Å². The summed E-state index contributed by atoms with van der Waals surface area (Å²) in [7, 11) is 0. The highest BCUT2D eigenvalue weighted by Crippen LogP contribution is 2.42. The van der Waals surface area contributed by atoms with Crippen molar-refractivity contribution in [3.63, 3.8) is 0 Å². The molecule has 0 aliphatic carbocycles. The minimum Gasteiger partial charge on any atom is -0.454 e. The quantitative estimate of drug-likeness (QED) is 0.375. The molecule has 2 heterocycles. The number of carbonyl (C=O) groups is 1. The number of amides is 1. The summed E-state index contributed by atoms with van der Waals surface area (Å²) in [6.45, 7) is 4.21. The maximum atomic E-state index is 13.6. The topological polar surface area (TPSA) is 51.1 Å². The van der Waals surface area contributed by atoms with Crippen molar-refractivity contribution in [1.29, 1.82) is 0 Å². The van der Waals surface area contributed by atoms with Crippen molar-refractivity contribution in [2.45, 2.75) is 13.8 Å². The van der Waals surface area contributed by atoms with Gasteiger partial charge in [0.05, 0.1) is 16.3 Å². The number of thioether (sulfide) groups is 1. The van der Waals surface area contributed by atoms with Gasteiger partial charge in [0.2, 0.25) is 6.79 Å². The molecule has 160 valence electrons. The van der Waals surface area contributed by atoms with Crippen LogP contribution in [0.25, 0.3) is 6.08 Å². The zero-order valence-electron chi connectivity index (χ0n) is 17.5. The maximum absolute atomic E-state index is 13.6. The minimum atomic E-state index is -0.110. The molecule has 2 aliphatic rings. The summed E-state index contributed by atoms with van der Waals surface area (Å²) in [5.74, 6) is 1.24. The van der Waals surface area contributed by atoms with Crippen LogP contribution in [0.4, 0.5) is 11.4 Å². The summed E-state index contributed by atoms with van der Waals surface area (Å²) in [5, 5.41) is 0.627. The molecule has 32 heavy (non-hydrogen) atoms. The van der Waals surface area contributed by atoms with Crippen molar-refractivity contribution in [1.82, 2.24) is 0 Å². The number of anilines is 1. The van der Waals surface area contributed by atoms with E-state index in [1.54, 1.807) is 4.90 Å². The number of aryl methyl sites for hydroxylation is 2. The third-order valence-electron chi connectivity index (χ3n) is 5.27. The number of para-hydroxylation sites is 2. The number of aliphatic imine (C=N–C) groups is 1. The molecule has 0 N–H and O–H groups in total. The van der Waals surface area contributed by atoms with Gasteiger partial charge in [-0.05, 0) is 72.6 Å². The Labute approximate surface area is 198 Å². The van der Waals surface area contributed by atoms with Gasteiger partial charge in [0, 0.05) is 4.47 Å². The van der Waals surface area contributed by atoms with E-state index in [2.05, 4.69) is 15.9 Å². The average Bonchev–Trinajstić information content (AvgIpc) is 3.34. The van der Waals surface area contributed by atoms with Gasteiger partial charge in [-0.3, -0.25) is 9.69 Å². The Morgan fingerprint density at radius 3 is 2.44 bits per heavy atom. The van der Waals surface area contributed by atoms with Crippen LogP contribution in [0.5, 0.6) is 11.5 Å². The fraction of sp³-hybridized carbons (Fsp3) is 0.120. The molecule has 5 rings (SSSR count). The largest absolute Gasteiger partial charge is 0.454 e. The summed E-state index contributed by atoms with van der Waals surface area (Å²) < 4.78 is 11.8. The van der Waals surface area contributed by atoms with E-state index in [1.807, 2.05) is 80.6 Å². The lowest BCUT2D eigenvalue weighted by Gasteiger charge is -2.18. The molecule has 1 amide bonds. The number of amidine groups is 1. The zero-order chi connectivity index (χ0) is 22.2. The van der Waals surface area contributed by atoms with Crippen LogP contribution in [0.1, 0.15) is 16.7 Å². The Morgan fingerprint density at radius 2 is 1.69 bits per heavy atom. The first-order chi connectivity index (χ1) is 15.5. The van der Waals surface area contributed by atoms with E-state index in [0.717, 1.165) is 32.5 Å². The zero-order valence-corrected chi connectivity index (χ0v) is 19.9. The maximum Gasteiger partial charge on any atom is 0.271 e. The molecule has 0 atom stereocenters. The summed E-state index contributed by atoms with van der Waals surface area (Å²) >= 11 is 4.95. The Kier molecular flexibility index (Phi) is 5.53. The summed E-state index contributed by atoms with van der Waals surface area (Å²) in [6, 6.07) is 19.5. The average molecular weight is 507 g/mol. The molecule has 0 unspecified atom stereocenters. The van der Waals surface area contributed by atoms with Crippen LogP contribution in [0.3, 0.4) is 0 Å². The Hall–Kier alpha value is -3.03. The van der Waals surface area contributed by atoms with Gasteiger partial charge >= 0.3 is 0 Å². The van der Waals surface area contributed by atoms with Crippen LogP contribution < -0.4 is 14.4 Å². The number of carbonyl (C=O) groups excluding carboxylic acids is 1. The standard InChI is InChI=1S/C25H19BrN2O3S/c1-15-7-3-5-9-19(15)27-25-28(20-10-6-4-8-16(20)2)24(29)23(32-25)12-17-11-21-22(13-18(17)26)31-14-30-21/h3-13H,14H2,1-2H3/b23-12+,27-25?. The Morgan fingerprint density at radius 1 is 1.00 bits per heavy atom. The first kappa shape index (κ1) is 20.8. The molecule has 3 aromatic carbocycles. The predicted molar refractivity (Wildman–Crippen MR) is 133 cm³/mol. The monoisotopic (exact) mass is 506 g/mol. The van der Waals surface area contributed by atoms with E-state index in [9.17, 15) is 4.79 Å². The smallest absolute Gasteiger partial charge is 0.271 e. The van der Waals surface area contributed by atoms with Crippen molar-refractivity contribution in [3.8, 4) is 11.5 Å². The fourth-order valence-corrected chi connectivity index (χ4v) is 4.97. The van der Waals surface area contributed by atoms with Gasteiger partial charge in [-0.25, -0.2) is 4.99 Å². The van der Waals surface area contributed by atoms with Gasteiger partial charge in [0.1, 0.15) is 0 Å². The van der Waals surface area contributed by atoms with Gasteiger partial charge in [-0.15, -0.1) is 0 Å². The van der Waals surface area contributed by atoms with E-state index in [1.165, 1.54) is 11.8 Å². The number of benzene rings is 3. The highest BCUT2D eigenvalue weighted by molar-refractivity contribution is 9.10. The van der Waals surface area contributed by atoms with E-state index in [4.69, 9.17) is 14.5 Å². The lowest BCUT2D eigenvalue weighted by atomic mass is 10.1. The summed E-state index contributed by atoms with van der Waals surface area (Å²) in [4.78, 5) is 20.7. The van der Waals surface area contributed by atoms with Gasteiger partial charge in [0.25, 0.3) is 5.91 Å². The first-order valence-electron chi connectivity index (χ1n) is 10.0. The van der Waals surface area contributed by atoms with Crippen molar-refractivity contribution < 1.29 is 14.3 Å². The molecule has 5 nitrogen and oxygen atoms in total. The normalized spacial score (nSPS) is 17.6. The molecule has 0 aromatic heterocycles. The Bertz CT molecular complexity index is 1300. The second-order valence-corrected chi connectivity index (χ2v) is 9.31. The van der Waals surface area contributed by atoms with E-state index in [-0.39, 0.29) is 12.7 Å². The van der Waals surface area contributed by atoms with Crippen LogP contribution in [0.2, 0.25) is 0 Å². The Balaban J connectivity index is 1.61. The molecule has 3 aromatic rings.